The summed E-state index contributed by atoms with van der Waals surface area (Å²) in [7, 11) is 0. The second-order valence-corrected chi connectivity index (χ2v) is 6.88. The quantitative estimate of drug-likeness (QED) is 0.656. The van der Waals surface area contributed by atoms with E-state index >= 15 is 0 Å². The zero-order valence-electron chi connectivity index (χ0n) is 15.1. The summed E-state index contributed by atoms with van der Waals surface area (Å²) in [4.78, 5) is 12.3. The van der Waals surface area contributed by atoms with Crippen LogP contribution in [-0.4, -0.2) is 23.0 Å². The fourth-order valence-electron chi connectivity index (χ4n) is 3.70. The number of rotatable bonds is 2. The number of hydrogen-bond acceptors (Lipinski definition) is 4. The van der Waals surface area contributed by atoms with Crippen LogP contribution in [0.3, 0.4) is 0 Å². The lowest BCUT2D eigenvalue weighted by Gasteiger charge is -2.22. The Morgan fingerprint density at radius 2 is 1.85 bits per heavy atom. The molecule has 0 fully saturated rings. The van der Waals surface area contributed by atoms with Gasteiger partial charge >= 0.3 is 0 Å². The summed E-state index contributed by atoms with van der Waals surface area (Å²) in [6.45, 7) is 4.17. The molecule has 2 aliphatic rings. The first kappa shape index (κ1) is 15.7. The van der Waals surface area contributed by atoms with Crippen molar-refractivity contribution in [1.82, 2.24) is 9.58 Å². The van der Waals surface area contributed by atoms with Crippen molar-refractivity contribution in [2.24, 2.45) is 15.1 Å². The van der Waals surface area contributed by atoms with Crippen molar-refractivity contribution in [3.05, 3.63) is 72.2 Å². The van der Waals surface area contributed by atoms with Gasteiger partial charge in [0, 0.05) is 5.69 Å². The molecule has 2 N–H and O–H groups in total. The van der Waals surface area contributed by atoms with Gasteiger partial charge < -0.3 is 10.3 Å². The zero-order valence-corrected chi connectivity index (χ0v) is 15.1. The summed E-state index contributed by atoms with van der Waals surface area (Å²) >= 11 is 0. The Labute approximate surface area is 156 Å². The topological polar surface area (TPSA) is 64.9 Å². The van der Waals surface area contributed by atoms with Gasteiger partial charge in [0.2, 0.25) is 0 Å². The molecular weight excluding hydrogens is 336 g/mol. The summed E-state index contributed by atoms with van der Waals surface area (Å²) in [5.74, 6) is 1.33. The van der Waals surface area contributed by atoms with Crippen LogP contribution in [0, 0.1) is 13.8 Å². The van der Waals surface area contributed by atoms with E-state index in [4.69, 9.17) is 10.1 Å². The second-order valence-electron chi connectivity index (χ2n) is 6.88. The summed E-state index contributed by atoms with van der Waals surface area (Å²) in [6.07, 6.45) is 7.48. The number of fused-ring (bicyclic) bond motifs is 2. The van der Waals surface area contributed by atoms with E-state index in [0.717, 1.165) is 28.1 Å². The number of aliphatic imine (C=N–C) groups is 2. The van der Waals surface area contributed by atoms with Gasteiger partial charge in [0.15, 0.2) is 11.9 Å². The van der Waals surface area contributed by atoms with Crippen LogP contribution in [0.15, 0.2) is 76.1 Å². The molecule has 132 valence electrons. The average molecular weight is 355 g/mol. The van der Waals surface area contributed by atoms with Gasteiger partial charge in [-0.05, 0) is 54.3 Å². The number of nitrogens with one attached hydrogen (secondary N) is 2. The molecule has 27 heavy (non-hydrogen) atoms. The van der Waals surface area contributed by atoms with Crippen molar-refractivity contribution in [2.75, 3.05) is 5.32 Å². The van der Waals surface area contributed by atoms with E-state index < -0.39 is 0 Å². The minimum atomic E-state index is 0.167. The third-order valence-corrected chi connectivity index (χ3v) is 4.79. The van der Waals surface area contributed by atoms with Gasteiger partial charge in [0.25, 0.3) is 11.8 Å². The molecule has 0 saturated carbocycles. The zero-order chi connectivity index (χ0) is 18.4. The number of nitrogens with zero attached hydrogens (tertiary/aromatic N) is 4. The van der Waals surface area contributed by atoms with E-state index in [-0.39, 0.29) is 4.59 Å². The first-order valence-corrected chi connectivity index (χ1v) is 8.85. The number of H-pyrrole nitrogens is 1. The Balaban J connectivity index is 1.62. The van der Waals surface area contributed by atoms with Gasteiger partial charge in [-0.15, -0.1) is 0 Å². The van der Waals surface area contributed by atoms with Crippen molar-refractivity contribution in [1.29, 1.82) is 0 Å². The summed E-state index contributed by atoms with van der Waals surface area (Å²) in [5, 5.41) is 9.40. The maximum atomic E-state index is 4.93. The number of aromatic amines is 1. The highest BCUT2D eigenvalue weighted by atomic mass is 15.7. The first-order chi connectivity index (χ1) is 13.1. The molecule has 0 saturated heterocycles. The molecular formula is C21H19N6+. The third kappa shape index (κ3) is 2.50. The molecule has 6 heteroatoms. The van der Waals surface area contributed by atoms with Gasteiger partial charge in [-0.3, -0.25) is 4.99 Å². The minimum Gasteiger partial charge on any atom is -0.356 e. The maximum Gasteiger partial charge on any atom is 0.287 e. The van der Waals surface area contributed by atoms with E-state index in [1.807, 2.05) is 24.5 Å². The molecule has 2 aliphatic heterocycles. The number of guanidine groups is 1. The Hall–Kier alpha value is -3.51. The average Bonchev–Trinajstić information content (AvgIpc) is 3.22. The molecule has 0 amide bonds. The summed E-state index contributed by atoms with van der Waals surface area (Å²) < 4.78 is 0.167. The van der Waals surface area contributed by atoms with Crippen molar-refractivity contribution in [2.45, 2.75) is 13.8 Å². The summed E-state index contributed by atoms with van der Waals surface area (Å²) in [5.41, 5.74) is 5.46. The van der Waals surface area contributed by atoms with Crippen LogP contribution in [0.2, 0.25) is 0 Å². The van der Waals surface area contributed by atoms with Crippen LogP contribution in [0.25, 0.3) is 10.9 Å². The smallest absolute Gasteiger partial charge is 0.287 e. The molecule has 0 bridgehead atoms. The molecule has 0 spiro atoms. The van der Waals surface area contributed by atoms with E-state index in [1.54, 1.807) is 12.4 Å². The molecule has 0 radical (unpaired) electrons. The number of para-hydroxylation sites is 1. The van der Waals surface area contributed by atoms with Gasteiger partial charge in [0.1, 0.15) is 6.21 Å². The van der Waals surface area contributed by atoms with Gasteiger partial charge in [0.05, 0.1) is 23.3 Å². The lowest BCUT2D eigenvalue weighted by atomic mass is 10.1. The Kier molecular flexibility index (Phi) is 3.35. The number of quaternary nitrogens is 1. The SMILES string of the molecule is Cc1cc(C)cc(NC2=N[N+]3(c4c[nH]c5ccccc45)C=CN=CC3=N2)c1. The largest absolute Gasteiger partial charge is 0.356 e. The highest BCUT2D eigenvalue weighted by Crippen LogP contribution is 2.36. The van der Waals surface area contributed by atoms with E-state index in [2.05, 4.69) is 59.5 Å². The molecule has 1 aromatic heterocycles. The highest BCUT2D eigenvalue weighted by Gasteiger charge is 2.44. The molecule has 0 aliphatic carbocycles. The van der Waals surface area contributed by atoms with Crippen molar-refractivity contribution in [3.8, 4) is 0 Å². The monoisotopic (exact) mass is 355 g/mol. The number of amidine groups is 1. The number of aromatic nitrogens is 1. The second kappa shape index (κ2) is 5.75. The molecule has 1 atom stereocenters. The Morgan fingerprint density at radius 1 is 1.04 bits per heavy atom. The Morgan fingerprint density at radius 3 is 2.70 bits per heavy atom. The van der Waals surface area contributed by atoms with Crippen LogP contribution < -0.4 is 9.91 Å². The highest BCUT2D eigenvalue weighted by molar-refractivity contribution is 6.39. The van der Waals surface area contributed by atoms with Crippen LogP contribution in [0.4, 0.5) is 11.4 Å². The number of hydrogen-bond donors (Lipinski definition) is 2. The first-order valence-electron chi connectivity index (χ1n) is 8.85. The van der Waals surface area contributed by atoms with E-state index in [9.17, 15) is 0 Å². The van der Waals surface area contributed by atoms with Crippen LogP contribution in [-0.2, 0) is 0 Å². The maximum absolute atomic E-state index is 4.93. The molecule has 1 unspecified atom stereocenters. The summed E-state index contributed by atoms with van der Waals surface area (Å²) in [6, 6.07) is 14.5. The fourth-order valence-corrected chi connectivity index (χ4v) is 3.70. The number of anilines is 1. The third-order valence-electron chi connectivity index (χ3n) is 4.79. The molecule has 2 aromatic carbocycles. The van der Waals surface area contributed by atoms with Crippen molar-refractivity contribution < 1.29 is 0 Å². The fraction of sp³-hybridized carbons (Fsp3) is 0.0952. The standard InChI is InChI=1S/C21H19N6/c1-14-9-15(2)11-16(10-14)24-21-25-20-13-22-7-8-27(20,26-21)19-12-23-18-6-4-3-5-17(18)19/h3-13,23H,1-2H3,(H,24,26)/q+1. The predicted octanol–water partition coefficient (Wildman–Crippen LogP) is 4.44. The van der Waals surface area contributed by atoms with E-state index in [1.165, 1.54) is 11.1 Å². The lowest BCUT2D eigenvalue weighted by molar-refractivity contribution is 0.597. The van der Waals surface area contributed by atoms with Crippen LogP contribution >= 0.6 is 0 Å². The van der Waals surface area contributed by atoms with Gasteiger partial charge in [-0.25, -0.2) is 0 Å². The van der Waals surface area contributed by atoms with Gasteiger partial charge in [-0.1, -0.05) is 22.8 Å². The Bertz CT molecular complexity index is 1160. The lowest BCUT2D eigenvalue weighted by Crippen LogP contribution is -2.44. The number of aryl methyl sites for hydroxylation is 2. The van der Waals surface area contributed by atoms with Crippen LogP contribution in [0.1, 0.15) is 11.1 Å². The minimum absolute atomic E-state index is 0.167. The van der Waals surface area contributed by atoms with E-state index in [0.29, 0.717) is 5.96 Å². The molecule has 3 heterocycles. The van der Waals surface area contributed by atoms with Crippen molar-refractivity contribution in [3.63, 3.8) is 0 Å². The van der Waals surface area contributed by atoms with Crippen LogP contribution in [0.5, 0.6) is 0 Å². The van der Waals surface area contributed by atoms with Gasteiger partial charge in [-0.2, -0.15) is 4.99 Å². The van der Waals surface area contributed by atoms with Crippen molar-refractivity contribution >= 4 is 40.3 Å². The molecule has 6 nitrogen and oxygen atoms in total. The number of benzene rings is 2. The normalized spacial score (nSPS) is 20.5. The molecule has 3 aromatic rings. The molecule has 5 rings (SSSR count). The predicted molar refractivity (Wildman–Crippen MR) is 112 cm³/mol.